The third-order valence-electron chi connectivity index (χ3n) is 4.82. The number of hydrogen-bond donors (Lipinski definition) is 3. The third kappa shape index (κ3) is 5.06. The zero-order valence-electron chi connectivity index (χ0n) is 15.1. The normalized spacial score (nSPS) is 16.4. The number of rotatable bonds is 5. The highest BCUT2D eigenvalue weighted by atomic mass is 32.1. The second kappa shape index (κ2) is 8.50. The molecule has 1 fully saturated rings. The molecule has 0 unspecified atom stereocenters. The number of likely N-dealkylation sites (tertiary alicyclic amines) is 1. The van der Waals surface area contributed by atoms with Gasteiger partial charge in [0, 0.05) is 5.69 Å². The van der Waals surface area contributed by atoms with Crippen LogP contribution in [0.2, 0.25) is 0 Å². The van der Waals surface area contributed by atoms with Crippen molar-refractivity contribution >= 4 is 23.0 Å². The van der Waals surface area contributed by atoms with E-state index in [1.165, 1.54) is 43.5 Å². The number of piperidine rings is 1. The van der Waals surface area contributed by atoms with E-state index >= 15 is 0 Å². The largest absolute Gasteiger partial charge is 0.463 e. The summed E-state index contributed by atoms with van der Waals surface area (Å²) < 4.78 is 5.71. The fourth-order valence-electron chi connectivity index (χ4n) is 3.71. The van der Waals surface area contributed by atoms with Gasteiger partial charge in [-0.1, -0.05) is 6.07 Å². The van der Waals surface area contributed by atoms with E-state index in [4.69, 9.17) is 16.6 Å². The summed E-state index contributed by atoms with van der Waals surface area (Å²) in [6, 6.07) is 10.7. The van der Waals surface area contributed by atoms with E-state index in [2.05, 4.69) is 48.7 Å². The van der Waals surface area contributed by atoms with Gasteiger partial charge in [-0.3, -0.25) is 0 Å². The molecule has 1 aliphatic rings. The summed E-state index contributed by atoms with van der Waals surface area (Å²) in [4.78, 5) is 1.59. The lowest BCUT2D eigenvalue weighted by Crippen LogP contribution is -3.13. The lowest BCUT2D eigenvalue weighted by molar-refractivity contribution is -0.936. The summed E-state index contributed by atoms with van der Waals surface area (Å²) in [6.45, 7) is 7.37. The Morgan fingerprint density at radius 3 is 2.52 bits per heavy atom. The highest BCUT2D eigenvalue weighted by Gasteiger charge is 2.28. The molecule has 0 radical (unpaired) electrons. The molecule has 3 N–H and O–H groups in total. The predicted octanol–water partition coefficient (Wildman–Crippen LogP) is 2.99. The van der Waals surface area contributed by atoms with Crippen LogP contribution in [0.15, 0.2) is 41.0 Å². The first-order chi connectivity index (χ1) is 12.1. The maximum Gasteiger partial charge on any atom is 0.171 e. The highest BCUT2D eigenvalue weighted by molar-refractivity contribution is 7.80. The third-order valence-corrected chi connectivity index (χ3v) is 5.07. The Bertz CT molecular complexity index is 673. The van der Waals surface area contributed by atoms with E-state index in [0.717, 1.165) is 18.0 Å². The second-order valence-corrected chi connectivity index (χ2v) is 7.41. The van der Waals surface area contributed by atoms with Crippen molar-refractivity contribution in [1.29, 1.82) is 0 Å². The Kier molecular flexibility index (Phi) is 6.10. The molecule has 4 nitrogen and oxygen atoms in total. The molecular weight excluding hydrogens is 330 g/mol. The second-order valence-electron chi connectivity index (χ2n) is 7.00. The molecule has 1 saturated heterocycles. The van der Waals surface area contributed by atoms with E-state index in [1.54, 1.807) is 11.2 Å². The molecule has 0 spiro atoms. The molecule has 0 bridgehead atoms. The number of hydrogen-bond acceptors (Lipinski definition) is 2. The zero-order chi connectivity index (χ0) is 17.6. The molecule has 3 rings (SSSR count). The molecule has 1 aliphatic heterocycles. The van der Waals surface area contributed by atoms with Crippen molar-refractivity contribution in [2.24, 2.45) is 0 Å². The minimum atomic E-state index is 0.300. The number of furan rings is 1. The predicted molar refractivity (Wildman–Crippen MR) is 106 cm³/mol. The lowest BCUT2D eigenvalue weighted by Gasteiger charge is -2.30. The fourth-order valence-corrected chi connectivity index (χ4v) is 3.91. The molecule has 0 amide bonds. The molecule has 1 aromatic heterocycles. The fraction of sp³-hybridized carbons (Fsp3) is 0.450. The van der Waals surface area contributed by atoms with Crippen molar-refractivity contribution in [1.82, 2.24) is 5.32 Å². The average molecular weight is 359 g/mol. The van der Waals surface area contributed by atoms with Gasteiger partial charge >= 0.3 is 0 Å². The van der Waals surface area contributed by atoms with Crippen LogP contribution in [-0.2, 0) is 0 Å². The van der Waals surface area contributed by atoms with E-state index < -0.39 is 0 Å². The first-order valence-corrected chi connectivity index (χ1v) is 9.54. The maximum absolute atomic E-state index is 5.71. The number of thiocarbonyl (C=S) groups is 1. The van der Waals surface area contributed by atoms with Gasteiger partial charge in [-0.25, -0.2) is 0 Å². The summed E-state index contributed by atoms with van der Waals surface area (Å²) in [5.41, 5.74) is 3.50. The van der Waals surface area contributed by atoms with Crippen molar-refractivity contribution in [3.05, 3.63) is 53.5 Å². The van der Waals surface area contributed by atoms with Gasteiger partial charge in [-0.05, 0) is 80.7 Å². The van der Waals surface area contributed by atoms with Gasteiger partial charge in [0.15, 0.2) is 16.9 Å². The molecule has 0 aliphatic carbocycles. The molecule has 134 valence electrons. The smallest absolute Gasteiger partial charge is 0.171 e. The van der Waals surface area contributed by atoms with Gasteiger partial charge in [0.05, 0.1) is 25.9 Å². The summed E-state index contributed by atoms with van der Waals surface area (Å²) in [5, 5.41) is 7.37. The van der Waals surface area contributed by atoms with Gasteiger partial charge in [-0.2, -0.15) is 0 Å². The topological polar surface area (TPSA) is 41.6 Å². The summed E-state index contributed by atoms with van der Waals surface area (Å²) in [7, 11) is 0. The number of anilines is 1. The summed E-state index contributed by atoms with van der Waals surface area (Å²) in [5.74, 6) is 1.04. The first kappa shape index (κ1) is 18.0. The number of aryl methyl sites for hydroxylation is 2. The Labute approximate surface area is 155 Å². The van der Waals surface area contributed by atoms with E-state index in [0.29, 0.717) is 11.2 Å². The van der Waals surface area contributed by atoms with Crippen molar-refractivity contribution in [2.45, 2.75) is 39.2 Å². The Hall–Kier alpha value is -1.85. The van der Waals surface area contributed by atoms with E-state index in [-0.39, 0.29) is 0 Å². The van der Waals surface area contributed by atoms with Gasteiger partial charge in [0.1, 0.15) is 0 Å². The SMILES string of the molecule is Cc1cc(C)cc(NC(=S)NC[C@H](c2ccco2)[NH+]2CCCCC2)c1. The van der Waals surface area contributed by atoms with E-state index in [9.17, 15) is 0 Å². The average Bonchev–Trinajstić information content (AvgIpc) is 3.09. The minimum Gasteiger partial charge on any atom is -0.463 e. The number of benzene rings is 1. The van der Waals surface area contributed by atoms with Crippen molar-refractivity contribution in [3.8, 4) is 0 Å². The van der Waals surface area contributed by atoms with Crippen LogP contribution >= 0.6 is 12.2 Å². The highest BCUT2D eigenvalue weighted by Crippen LogP contribution is 2.14. The monoisotopic (exact) mass is 358 g/mol. The molecule has 25 heavy (non-hydrogen) atoms. The van der Waals surface area contributed by atoms with Crippen LogP contribution in [0.1, 0.15) is 42.2 Å². The molecular formula is C20H28N3OS+. The van der Waals surface area contributed by atoms with Crippen molar-refractivity contribution < 1.29 is 9.32 Å². The van der Waals surface area contributed by atoms with Gasteiger partial charge < -0.3 is 20.0 Å². The summed E-state index contributed by atoms with van der Waals surface area (Å²) in [6.07, 6.45) is 5.68. The molecule has 1 atom stereocenters. The van der Waals surface area contributed by atoms with Crippen LogP contribution < -0.4 is 15.5 Å². The van der Waals surface area contributed by atoms with Crippen LogP contribution in [0.25, 0.3) is 0 Å². The van der Waals surface area contributed by atoms with Crippen molar-refractivity contribution in [3.63, 3.8) is 0 Å². The molecule has 2 aromatic rings. The standard InChI is InChI=1S/C20H27N3OS/c1-15-11-16(2)13-17(12-15)22-20(25)21-14-18(19-7-6-10-24-19)23-8-4-3-5-9-23/h6-7,10-13,18H,3-5,8-9,14H2,1-2H3,(H2,21,22,25)/p+1/t18-/m1/s1. The minimum absolute atomic E-state index is 0.300. The van der Waals surface area contributed by atoms with Crippen LogP contribution in [0.4, 0.5) is 5.69 Å². The lowest BCUT2D eigenvalue weighted by atomic mass is 10.1. The van der Waals surface area contributed by atoms with Gasteiger partial charge in [-0.15, -0.1) is 0 Å². The van der Waals surface area contributed by atoms with Gasteiger partial charge in [0.2, 0.25) is 0 Å². The van der Waals surface area contributed by atoms with Crippen LogP contribution in [-0.4, -0.2) is 24.7 Å². The van der Waals surface area contributed by atoms with E-state index in [1.807, 2.05) is 6.07 Å². The zero-order valence-corrected chi connectivity index (χ0v) is 15.9. The molecule has 0 saturated carbocycles. The summed E-state index contributed by atoms with van der Waals surface area (Å²) >= 11 is 5.51. The Morgan fingerprint density at radius 2 is 1.88 bits per heavy atom. The Balaban J connectivity index is 1.61. The molecule has 2 heterocycles. The molecule has 5 heteroatoms. The Morgan fingerprint density at radius 1 is 1.16 bits per heavy atom. The molecule has 1 aromatic carbocycles. The van der Waals surface area contributed by atoms with Crippen LogP contribution in [0, 0.1) is 13.8 Å². The maximum atomic E-state index is 5.71. The quantitative estimate of drug-likeness (QED) is 0.719. The van der Waals surface area contributed by atoms with Crippen LogP contribution in [0.3, 0.4) is 0 Å². The van der Waals surface area contributed by atoms with Gasteiger partial charge in [0.25, 0.3) is 0 Å². The van der Waals surface area contributed by atoms with Crippen LogP contribution in [0.5, 0.6) is 0 Å². The van der Waals surface area contributed by atoms with Crippen molar-refractivity contribution in [2.75, 3.05) is 25.0 Å². The number of nitrogens with one attached hydrogen (secondary N) is 3. The first-order valence-electron chi connectivity index (χ1n) is 9.13. The number of quaternary nitrogens is 1.